The highest BCUT2D eigenvalue weighted by Gasteiger charge is 2.11. The Morgan fingerprint density at radius 3 is 2.46 bits per heavy atom. The van der Waals surface area contributed by atoms with E-state index >= 15 is 0 Å². The first kappa shape index (κ1) is 24.3. The lowest BCUT2D eigenvalue weighted by Crippen LogP contribution is -2.14. The maximum Gasteiger partial charge on any atom is 0.255 e. The minimum atomic E-state index is -0.237. The molecule has 2 N–H and O–H groups in total. The molecule has 0 aliphatic rings. The third kappa shape index (κ3) is 6.62. The molecule has 0 bridgehead atoms. The zero-order chi connectivity index (χ0) is 24.6. The van der Waals surface area contributed by atoms with Crippen LogP contribution in [0.15, 0.2) is 83.1 Å². The Morgan fingerprint density at radius 2 is 1.66 bits per heavy atom. The largest absolute Gasteiger partial charge is 0.497 e. The van der Waals surface area contributed by atoms with Gasteiger partial charge in [-0.2, -0.15) is 0 Å². The summed E-state index contributed by atoms with van der Waals surface area (Å²) in [5.41, 5.74) is 2.84. The number of aromatic nitrogens is 1. The summed E-state index contributed by atoms with van der Waals surface area (Å²) in [6.45, 7) is 0. The van der Waals surface area contributed by atoms with Crippen molar-refractivity contribution in [2.45, 2.75) is 4.90 Å². The zero-order valence-electron chi connectivity index (χ0n) is 19.1. The molecule has 0 saturated carbocycles. The van der Waals surface area contributed by atoms with Crippen LogP contribution in [0.2, 0.25) is 0 Å². The second-order valence-corrected chi connectivity index (χ2v) is 9.23. The Bertz CT molecular complexity index is 1340. The van der Waals surface area contributed by atoms with E-state index < -0.39 is 0 Å². The molecule has 0 unspecified atom stereocenters. The van der Waals surface area contributed by atoms with Gasteiger partial charge in [-0.1, -0.05) is 24.3 Å². The number of thioether (sulfide) groups is 1. The van der Waals surface area contributed by atoms with Crippen LogP contribution in [-0.4, -0.2) is 36.8 Å². The fourth-order valence-electron chi connectivity index (χ4n) is 3.18. The molecule has 0 aliphatic carbocycles. The molecule has 0 fully saturated rings. The fourth-order valence-corrected chi connectivity index (χ4v) is 4.67. The van der Waals surface area contributed by atoms with Crippen LogP contribution in [-0.2, 0) is 4.79 Å². The number of hydrogen-bond donors (Lipinski definition) is 2. The number of hydrogen-bond acceptors (Lipinski definition) is 7. The molecule has 4 rings (SSSR count). The van der Waals surface area contributed by atoms with E-state index in [1.807, 2.05) is 47.8 Å². The SMILES string of the molecule is COc1cccc(C(=O)Nc2cccc(SCC(=O)Nc3nc(-c4cccc(OC)c4)cs3)c2)c1. The maximum atomic E-state index is 12.6. The number of ether oxygens (including phenoxy) is 2. The summed E-state index contributed by atoms with van der Waals surface area (Å²) in [6.07, 6.45) is 0. The molecule has 1 heterocycles. The molecule has 0 spiro atoms. The number of nitrogens with zero attached hydrogens (tertiary/aromatic N) is 1. The van der Waals surface area contributed by atoms with Crippen molar-refractivity contribution >= 4 is 45.7 Å². The predicted molar refractivity (Wildman–Crippen MR) is 141 cm³/mol. The van der Waals surface area contributed by atoms with Gasteiger partial charge in [0, 0.05) is 27.1 Å². The number of anilines is 2. The summed E-state index contributed by atoms with van der Waals surface area (Å²) in [7, 11) is 3.18. The first-order valence-corrected chi connectivity index (χ1v) is 12.5. The van der Waals surface area contributed by atoms with Crippen molar-refractivity contribution in [1.29, 1.82) is 0 Å². The van der Waals surface area contributed by atoms with Gasteiger partial charge >= 0.3 is 0 Å². The van der Waals surface area contributed by atoms with Gasteiger partial charge in [0.1, 0.15) is 11.5 Å². The first-order valence-electron chi connectivity index (χ1n) is 10.6. The normalized spacial score (nSPS) is 10.5. The van der Waals surface area contributed by atoms with Crippen LogP contribution in [0, 0.1) is 0 Å². The first-order chi connectivity index (χ1) is 17.0. The van der Waals surface area contributed by atoms with Crippen molar-refractivity contribution in [1.82, 2.24) is 4.98 Å². The van der Waals surface area contributed by atoms with Gasteiger partial charge < -0.3 is 20.1 Å². The van der Waals surface area contributed by atoms with Gasteiger partial charge in [0.25, 0.3) is 5.91 Å². The lowest BCUT2D eigenvalue weighted by atomic mass is 10.2. The summed E-state index contributed by atoms with van der Waals surface area (Å²) in [5, 5.41) is 8.15. The summed E-state index contributed by atoms with van der Waals surface area (Å²) in [4.78, 5) is 30.4. The van der Waals surface area contributed by atoms with E-state index in [4.69, 9.17) is 9.47 Å². The van der Waals surface area contributed by atoms with Crippen LogP contribution in [0.5, 0.6) is 11.5 Å². The molecule has 9 heteroatoms. The molecular formula is C26H23N3O4S2. The number of carbonyl (C=O) groups excluding carboxylic acids is 2. The van der Waals surface area contributed by atoms with E-state index in [-0.39, 0.29) is 17.6 Å². The van der Waals surface area contributed by atoms with E-state index in [2.05, 4.69) is 15.6 Å². The van der Waals surface area contributed by atoms with Crippen molar-refractivity contribution < 1.29 is 19.1 Å². The molecule has 1 aromatic heterocycles. The van der Waals surface area contributed by atoms with Gasteiger partial charge in [0.2, 0.25) is 5.91 Å². The smallest absolute Gasteiger partial charge is 0.255 e. The molecule has 2 amide bonds. The van der Waals surface area contributed by atoms with Crippen LogP contribution in [0.25, 0.3) is 11.3 Å². The minimum Gasteiger partial charge on any atom is -0.497 e. The predicted octanol–water partition coefficient (Wildman–Crippen LogP) is 5.81. The maximum absolute atomic E-state index is 12.6. The molecule has 0 saturated heterocycles. The fraction of sp³-hybridized carbons (Fsp3) is 0.115. The molecule has 4 aromatic rings. The second kappa shape index (κ2) is 11.5. The highest BCUT2D eigenvalue weighted by molar-refractivity contribution is 8.00. The van der Waals surface area contributed by atoms with Crippen LogP contribution in [0.4, 0.5) is 10.8 Å². The molecule has 0 radical (unpaired) electrons. The molecular weight excluding hydrogens is 482 g/mol. The minimum absolute atomic E-state index is 0.160. The summed E-state index contributed by atoms with van der Waals surface area (Å²) >= 11 is 2.74. The van der Waals surface area contributed by atoms with Gasteiger partial charge in [-0.15, -0.1) is 23.1 Å². The van der Waals surface area contributed by atoms with E-state index in [1.165, 1.54) is 23.1 Å². The summed E-state index contributed by atoms with van der Waals surface area (Å²) < 4.78 is 10.4. The van der Waals surface area contributed by atoms with E-state index in [1.54, 1.807) is 44.6 Å². The number of benzene rings is 3. The monoisotopic (exact) mass is 505 g/mol. The molecule has 3 aromatic carbocycles. The van der Waals surface area contributed by atoms with Crippen LogP contribution >= 0.6 is 23.1 Å². The van der Waals surface area contributed by atoms with Crippen LogP contribution in [0.3, 0.4) is 0 Å². The van der Waals surface area contributed by atoms with Gasteiger partial charge in [-0.3, -0.25) is 9.59 Å². The average molecular weight is 506 g/mol. The molecule has 0 aliphatic heterocycles. The summed E-state index contributed by atoms with van der Waals surface area (Å²) in [6, 6.07) is 21.9. The van der Waals surface area contributed by atoms with E-state index in [0.717, 1.165) is 21.9 Å². The number of rotatable bonds is 9. The lowest BCUT2D eigenvalue weighted by Gasteiger charge is -2.08. The van der Waals surface area contributed by atoms with Gasteiger partial charge in [0.15, 0.2) is 5.13 Å². The Kier molecular flexibility index (Phi) is 8.02. The number of nitrogens with one attached hydrogen (secondary N) is 2. The highest BCUT2D eigenvalue weighted by Crippen LogP contribution is 2.28. The Balaban J connectivity index is 1.32. The van der Waals surface area contributed by atoms with E-state index in [9.17, 15) is 9.59 Å². The lowest BCUT2D eigenvalue weighted by molar-refractivity contribution is -0.113. The Morgan fingerprint density at radius 1 is 0.914 bits per heavy atom. The molecule has 0 atom stereocenters. The number of amides is 2. The van der Waals surface area contributed by atoms with E-state index in [0.29, 0.717) is 22.1 Å². The quantitative estimate of drug-likeness (QED) is 0.279. The zero-order valence-corrected chi connectivity index (χ0v) is 20.7. The van der Waals surface area contributed by atoms with Crippen LogP contribution < -0.4 is 20.1 Å². The number of carbonyl (C=O) groups is 2. The summed E-state index contributed by atoms with van der Waals surface area (Å²) in [5.74, 6) is 1.18. The Hall–Kier alpha value is -3.82. The topological polar surface area (TPSA) is 89.5 Å². The molecule has 35 heavy (non-hydrogen) atoms. The third-order valence-corrected chi connectivity index (χ3v) is 6.66. The third-order valence-electron chi connectivity index (χ3n) is 4.91. The van der Waals surface area contributed by atoms with Gasteiger partial charge in [-0.05, 0) is 48.5 Å². The molecule has 178 valence electrons. The van der Waals surface area contributed by atoms with Crippen molar-refractivity contribution in [3.8, 4) is 22.8 Å². The number of thiazole rings is 1. The Labute approximate surface area is 211 Å². The van der Waals surface area contributed by atoms with Crippen molar-refractivity contribution in [2.75, 3.05) is 30.6 Å². The highest BCUT2D eigenvalue weighted by atomic mass is 32.2. The van der Waals surface area contributed by atoms with Crippen LogP contribution in [0.1, 0.15) is 10.4 Å². The van der Waals surface area contributed by atoms with Crippen molar-refractivity contribution in [2.24, 2.45) is 0 Å². The second-order valence-electron chi connectivity index (χ2n) is 7.32. The van der Waals surface area contributed by atoms with Crippen molar-refractivity contribution in [3.63, 3.8) is 0 Å². The van der Waals surface area contributed by atoms with Gasteiger partial charge in [0.05, 0.1) is 25.7 Å². The standard InChI is InChI=1S/C26H23N3O4S2/c1-32-20-9-3-6-17(12-20)23-15-35-26(28-23)29-24(30)16-34-22-11-5-8-19(14-22)27-25(31)18-7-4-10-21(13-18)33-2/h3-15H,16H2,1-2H3,(H,27,31)(H,28,29,30). The van der Waals surface area contributed by atoms with Crippen molar-refractivity contribution in [3.05, 3.63) is 83.7 Å². The number of methoxy groups -OCH3 is 2. The molecule has 7 nitrogen and oxygen atoms in total. The average Bonchev–Trinajstić information content (AvgIpc) is 3.36. The van der Waals surface area contributed by atoms with Gasteiger partial charge in [-0.25, -0.2) is 4.98 Å².